The molecule has 2 N–H and O–H groups in total. The van der Waals surface area contributed by atoms with E-state index in [1.54, 1.807) is 7.11 Å². The van der Waals surface area contributed by atoms with Crippen molar-refractivity contribution in [2.24, 2.45) is 0 Å². The fourth-order valence-electron chi connectivity index (χ4n) is 0.144. The lowest BCUT2D eigenvalue weighted by Gasteiger charge is -1.96. The van der Waals surface area contributed by atoms with Crippen LogP contribution in [0.4, 0.5) is 0 Å². The van der Waals surface area contributed by atoms with Crippen molar-refractivity contribution in [2.75, 3.05) is 13.7 Å². The molecule has 0 saturated carbocycles. The second-order valence-corrected chi connectivity index (χ2v) is 0.837. The number of rotatable bonds is 3. The van der Waals surface area contributed by atoms with Crippen molar-refractivity contribution in [2.45, 2.75) is 6.92 Å². The van der Waals surface area contributed by atoms with Gasteiger partial charge in [0, 0.05) is 6.54 Å². The topological polar surface area (TPSA) is 33.3 Å². The summed E-state index contributed by atoms with van der Waals surface area (Å²) in [6.07, 6.45) is 0. The van der Waals surface area contributed by atoms with E-state index in [0.717, 1.165) is 6.54 Å². The largest absolute Gasteiger partial charge is 0.290 e. The van der Waals surface area contributed by atoms with E-state index < -0.39 is 0 Å². The monoisotopic (exact) mass is 90.1 g/mol. The van der Waals surface area contributed by atoms with Gasteiger partial charge in [-0.1, -0.05) is 6.92 Å². The Hall–Kier alpha value is -0.120. The number of hydrogen-bond donors (Lipinski definition) is 2. The molecule has 0 saturated heterocycles. The normalized spacial score (nSPS) is 9.00. The minimum atomic E-state index is 0.869. The van der Waals surface area contributed by atoms with Gasteiger partial charge in [-0.3, -0.25) is 4.84 Å². The fourth-order valence-corrected chi connectivity index (χ4v) is 0.144. The summed E-state index contributed by atoms with van der Waals surface area (Å²) in [4.78, 5) is 4.42. The van der Waals surface area contributed by atoms with Gasteiger partial charge in [0.05, 0.1) is 7.11 Å². The lowest BCUT2D eigenvalue weighted by atomic mass is 10.8. The standard InChI is InChI=1S/C3H10N2O/c1-3-4-5-6-2/h4-5H,3H2,1-2H3. The molecule has 0 aromatic rings. The summed E-state index contributed by atoms with van der Waals surface area (Å²) in [6, 6.07) is 0. The molecule has 0 rings (SSSR count). The SMILES string of the molecule is CCNNOC. The molecule has 0 aliphatic rings. The first kappa shape index (κ1) is 5.88. The molecule has 6 heavy (non-hydrogen) atoms. The fraction of sp³-hybridized carbons (Fsp3) is 1.00. The maximum Gasteiger partial charge on any atom is 0.0588 e. The molecule has 0 unspecified atom stereocenters. The van der Waals surface area contributed by atoms with Gasteiger partial charge in [0.2, 0.25) is 0 Å². The van der Waals surface area contributed by atoms with Gasteiger partial charge in [0.25, 0.3) is 0 Å². The lowest BCUT2D eigenvalue weighted by Crippen LogP contribution is -2.29. The molecular weight excluding hydrogens is 80.0 g/mol. The van der Waals surface area contributed by atoms with Crippen molar-refractivity contribution >= 4 is 0 Å². The van der Waals surface area contributed by atoms with Crippen molar-refractivity contribution in [3.63, 3.8) is 0 Å². The van der Waals surface area contributed by atoms with Gasteiger partial charge in [0.1, 0.15) is 0 Å². The molecule has 0 aliphatic carbocycles. The second kappa shape index (κ2) is 4.88. The third-order valence-electron chi connectivity index (χ3n) is 0.351. The molecule has 38 valence electrons. The molecule has 0 amide bonds. The number of hydrogen-bond acceptors (Lipinski definition) is 3. The zero-order valence-electron chi connectivity index (χ0n) is 4.12. The summed E-state index contributed by atoms with van der Waals surface area (Å²) >= 11 is 0. The van der Waals surface area contributed by atoms with Crippen molar-refractivity contribution in [3.05, 3.63) is 0 Å². The zero-order valence-corrected chi connectivity index (χ0v) is 4.12. The minimum absolute atomic E-state index is 0.869. The highest BCUT2D eigenvalue weighted by Gasteiger charge is 1.66. The highest BCUT2D eigenvalue weighted by molar-refractivity contribution is 4.13. The second-order valence-electron chi connectivity index (χ2n) is 0.837. The third kappa shape index (κ3) is 3.88. The van der Waals surface area contributed by atoms with Crippen LogP contribution in [0.5, 0.6) is 0 Å². The Bertz CT molecular complexity index is 20.8. The Labute approximate surface area is 37.6 Å². The maximum absolute atomic E-state index is 4.42. The first-order valence-electron chi connectivity index (χ1n) is 1.92. The number of hydrazine groups is 1. The van der Waals surface area contributed by atoms with Gasteiger partial charge in [0.15, 0.2) is 0 Å². The van der Waals surface area contributed by atoms with Crippen LogP contribution in [0.15, 0.2) is 0 Å². The summed E-state index contributed by atoms with van der Waals surface area (Å²) in [5, 5.41) is 0. The summed E-state index contributed by atoms with van der Waals surface area (Å²) in [6.45, 7) is 2.85. The Morgan fingerprint density at radius 3 is 2.50 bits per heavy atom. The molecule has 0 aromatic heterocycles. The van der Waals surface area contributed by atoms with Crippen LogP contribution in [-0.4, -0.2) is 13.7 Å². The highest BCUT2D eigenvalue weighted by Crippen LogP contribution is 1.44. The van der Waals surface area contributed by atoms with Crippen molar-refractivity contribution in [1.82, 2.24) is 11.0 Å². The summed E-state index contributed by atoms with van der Waals surface area (Å²) < 4.78 is 0. The summed E-state index contributed by atoms with van der Waals surface area (Å²) in [7, 11) is 1.56. The van der Waals surface area contributed by atoms with Crippen molar-refractivity contribution in [3.8, 4) is 0 Å². The molecule has 0 aromatic carbocycles. The van der Waals surface area contributed by atoms with Crippen LogP contribution >= 0.6 is 0 Å². The van der Waals surface area contributed by atoms with E-state index in [9.17, 15) is 0 Å². The zero-order chi connectivity index (χ0) is 4.83. The van der Waals surface area contributed by atoms with Crippen molar-refractivity contribution in [1.29, 1.82) is 0 Å². The van der Waals surface area contributed by atoms with Gasteiger partial charge in [-0.25, -0.2) is 5.43 Å². The molecule has 0 radical (unpaired) electrons. The number of nitrogens with one attached hydrogen (secondary N) is 2. The molecule has 0 spiro atoms. The molecule has 3 nitrogen and oxygen atoms in total. The Morgan fingerprint density at radius 2 is 2.33 bits per heavy atom. The van der Waals surface area contributed by atoms with Crippen LogP contribution in [-0.2, 0) is 4.84 Å². The van der Waals surface area contributed by atoms with Crippen LogP contribution in [0.3, 0.4) is 0 Å². The minimum Gasteiger partial charge on any atom is -0.290 e. The predicted molar refractivity (Wildman–Crippen MR) is 23.8 cm³/mol. The average Bonchev–Trinajstić information content (AvgIpc) is 1.61. The van der Waals surface area contributed by atoms with Gasteiger partial charge in [-0.15, -0.1) is 5.59 Å². The first-order chi connectivity index (χ1) is 2.91. The van der Waals surface area contributed by atoms with Gasteiger partial charge in [-0.2, -0.15) is 0 Å². The summed E-state index contributed by atoms with van der Waals surface area (Å²) in [5.74, 6) is 0. The Kier molecular flexibility index (Phi) is 4.78. The molecule has 0 atom stereocenters. The highest BCUT2D eigenvalue weighted by atomic mass is 16.7. The average molecular weight is 90.1 g/mol. The van der Waals surface area contributed by atoms with Crippen LogP contribution in [0.25, 0.3) is 0 Å². The summed E-state index contributed by atoms with van der Waals surface area (Å²) in [5.41, 5.74) is 5.17. The van der Waals surface area contributed by atoms with E-state index in [1.807, 2.05) is 6.92 Å². The molecular formula is C3H10N2O. The lowest BCUT2D eigenvalue weighted by molar-refractivity contribution is 0.0572. The van der Waals surface area contributed by atoms with Crippen LogP contribution < -0.4 is 11.0 Å². The van der Waals surface area contributed by atoms with Crippen molar-refractivity contribution < 1.29 is 4.84 Å². The van der Waals surface area contributed by atoms with Crippen LogP contribution in [0, 0.1) is 0 Å². The van der Waals surface area contributed by atoms with Gasteiger partial charge >= 0.3 is 0 Å². The van der Waals surface area contributed by atoms with E-state index in [4.69, 9.17) is 0 Å². The van der Waals surface area contributed by atoms with E-state index in [0.29, 0.717) is 0 Å². The van der Waals surface area contributed by atoms with Crippen LogP contribution in [0.2, 0.25) is 0 Å². The molecule has 3 heteroatoms. The third-order valence-corrected chi connectivity index (χ3v) is 0.351. The molecule has 0 bridgehead atoms. The smallest absolute Gasteiger partial charge is 0.0588 e. The Balaban J connectivity index is 2.34. The van der Waals surface area contributed by atoms with E-state index >= 15 is 0 Å². The quantitative estimate of drug-likeness (QED) is 0.367. The van der Waals surface area contributed by atoms with Crippen LogP contribution in [0.1, 0.15) is 6.92 Å². The van der Waals surface area contributed by atoms with E-state index in [2.05, 4.69) is 15.9 Å². The molecule has 0 fully saturated rings. The first-order valence-corrected chi connectivity index (χ1v) is 1.92. The maximum atomic E-state index is 4.42. The van der Waals surface area contributed by atoms with E-state index in [1.165, 1.54) is 0 Å². The molecule has 0 heterocycles. The molecule has 0 aliphatic heterocycles. The van der Waals surface area contributed by atoms with E-state index in [-0.39, 0.29) is 0 Å². The Morgan fingerprint density at radius 1 is 1.67 bits per heavy atom. The van der Waals surface area contributed by atoms with Gasteiger partial charge < -0.3 is 0 Å². The van der Waals surface area contributed by atoms with Gasteiger partial charge in [-0.05, 0) is 0 Å². The predicted octanol–water partition coefficient (Wildman–Crippen LogP) is -0.338.